The summed E-state index contributed by atoms with van der Waals surface area (Å²) in [6.45, 7) is 3.01. The molecule has 0 aliphatic heterocycles. The first-order valence-corrected chi connectivity index (χ1v) is 7.75. The number of fused-ring (bicyclic) bond motifs is 1. The molecular weight excluding hydrogens is 244 g/mol. The van der Waals surface area contributed by atoms with Crippen LogP contribution in [-0.4, -0.2) is 33.2 Å². The largest absolute Gasteiger partial charge is 0.353 e. The molecule has 0 saturated carbocycles. The molecule has 0 amide bonds. The zero-order chi connectivity index (χ0) is 12.8. The van der Waals surface area contributed by atoms with Crippen molar-refractivity contribution < 1.29 is 0 Å². The maximum atomic E-state index is 4.44. The van der Waals surface area contributed by atoms with Gasteiger partial charge in [0.05, 0.1) is 0 Å². The second-order valence-electron chi connectivity index (χ2n) is 4.42. The van der Waals surface area contributed by atoms with Gasteiger partial charge in [-0.2, -0.15) is 16.7 Å². The number of pyridine rings is 1. The summed E-state index contributed by atoms with van der Waals surface area (Å²) in [4.78, 5) is 4.44. The smallest absolute Gasteiger partial charge is 0.243 e. The molecule has 0 unspecified atom stereocenters. The maximum absolute atomic E-state index is 4.44. The predicted octanol–water partition coefficient (Wildman–Crippen LogP) is 2.98. The second-order valence-corrected chi connectivity index (χ2v) is 5.41. The Morgan fingerprint density at radius 3 is 3.06 bits per heavy atom. The van der Waals surface area contributed by atoms with E-state index in [4.69, 9.17) is 0 Å². The van der Waals surface area contributed by atoms with E-state index in [0.717, 1.165) is 18.1 Å². The molecule has 0 aliphatic carbocycles. The summed E-state index contributed by atoms with van der Waals surface area (Å²) in [5.74, 6) is 1.98. The first kappa shape index (κ1) is 13.2. The van der Waals surface area contributed by atoms with E-state index in [1.807, 2.05) is 34.6 Å². The van der Waals surface area contributed by atoms with Crippen molar-refractivity contribution in [2.24, 2.45) is 0 Å². The van der Waals surface area contributed by atoms with E-state index in [9.17, 15) is 0 Å². The molecule has 0 saturated heterocycles. The lowest BCUT2D eigenvalue weighted by Crippen LogP contribution is -2.03. The van der Waals surface area contributed by atoms with Gasteiger partial charge >= 0.3 is 0 Å². The van der Waals surface area contributed by atoms with Crippen LogP contribution < -0.4 is 5.32 Å². The third-order valence-corrected chi connectivity index (χ3v) is 3.50. The van der Waals surface area contributed by atoms with Gasteiger partial charge in [0.1, 0.15) is 0 Å². The third-order valence-electron chi connectivity index (χ3n) is 2.80. The van der Waals surface area contributed by atoms with Crippen molar-refractivity contribution in [3.05, 3.63) is 23.9 Å². The van der Waals surface area contributed by atoms with Crippen LogP contribution in [0.2, 0.25) is 0 Å². The van der Waals surface area contributed by atoms with Crippen molar-refractivity contribution in [1.82, 2.24) is 14.6 Å². The lowest BCUT2D eigenvalue weighted by Gasteiger charge is -2.00. The minimum atomic E-state index is 0.727. The number of aryl methyl sites for hydroxylation is 1. The molecule has 5 heteroatoms. The maximum Gasteiger partial charge on any atom is 0.243 e. The van der Waals surface area contributed by atoms with Crippen molar-refractivity contribution in [1.29, 1.82) is 0 Å². The topological polar surface area (TPSA) is 42.2 Å². The molecule has 2 aromatic rings. The average Bonchev–Trinajstić information content (AvgIpc) is 2.75. The molecule has 98 valence electrons. The number of hydrogen-bond acceptors (Lipinski definition) is 4. The van der Waals surface area contributed by atoms with Gasteiger partial charge in [-0.15, -0.1) is 5.10 Å². The second kappa shape index (κ2) is 6.64. The van der Waals surface area contributed by atoms with Crippen molar-refractivity contribution in [3.8, 4) is 0 Å². The molecular formula is C13H20N4S. The molecule has 0 fully saturated rings. The first-order chi connectivity index (χ1) is 8.79. The van der Waals surface area contributed by atoms with Crippen LogP contribution in [-0.2, 0) is 0 Å². The lowest BCUT2D eigenvalue weighted by atomic mass is 10.2. The summed E-state index contributed by atoms with van der Waals surface area (Å²) in [5.41, 5.74) is 2.11. The molecule has 18 heavy (non-hydrogen) atoms. The Kier molecular flexibility index (Phi) is 4.87. The summed E-state index contributed by atoms with van der Waals surface area (Å²) >= 11 is 1.91. The molecule has 0 atom stereocenters. The molecule has 0 radical (unpaired) electrons. The molecule has 2 rings (SSSR count). The molecule has 0 spiro atoms. The summed E-state index contributed by atoms with van der Waals surface area (Å²) in [7, 11) is 0. The lowest BCUT2D eigenvalue weighted by molar-refractivity contribution is 0.746. The molecule has 0 aromatic carbocycles. The van der Waals surface area contributed by atoms with Crippen LogP contribution in [0.3, 0.4) is 0 Å². The molecule has 1 N–H and O–H groups in total. The van der Waals surface area contributed by atoms with Crippen molar-refractivity contribution in [3.63, 3.8) is 0 Å². The van der Waals surface area contributed by atoms with Gasteiger partial charge in [0.15, 0.2) is 5.65 Å². The van der Waals surface area contributed by atoms with Gasteiger partial charge in [-0.25, -0.2) is 4.52 Å². The zero-order valence-corrected chi connectivity index (χ0v) is 11.8. The number of thioether (sulfide) groups is 1. The van der Waals surface area contributed by atoms with Crippen molar-refractivity contribution in [2.75, 3.05) is 23.9 Å². The van der Waals surface area contributed by atoms with Crippen LogP contribution in [0.1, 0.15) is 24.8 Å². The number of aromatic nitrogens is 3. The van der Waals surface area contributed by atoms with E-state index in [-0.39, 0.29) is 0 Å². The van der Waals surface area contributed by atoms with E-state index in [2.05, 4.69) is 28.6 Å². The predicted molar refractivity (Wildman–Crippen MR) is 78.4 cm³/mol. The van der Waals surface area contributed by atoms with Gasteiger partial charge in [0, 0.05) is 12.7 Å². The van der Waals surface area contributed by atoms with Crippen LogP contribution in [0.4, 0.5) is 5.95 Å². The summed E-state index contributed by atoms with van der Waals surface area (Å²) in [6.07, 6.45) is 7.83. The summed E-state index contributed by atoms with van der Waals surface area (Å²) in [5, 5.41) is 7.66. The zero-order valence-electron chi connectivity index (χ0n) is 11.0. The molecule has 2 heterocycles. The van der Waals surface area contributed by atoms with Gasteiger partial charge in [-0.05, 0) is 49.5 Å². The van der Waals surface area contributed by atoms with Crippen molar-refractivity contribution in [2.45, 2.75) is 26.2 Å². The fraction of sp³-hybridized carbons (Fsp3) is 0.538. The molecule has 4 nitrogen and oxygen atoms in total. The summed E-state index contributed by atoms with van der Waals surface area (Å²) < 4.78 is 1.81. The monoisotopic (exact) mass is 264 g/mol. The summed E-state index contributed by atoms with van der Waals surface area (Å²) in [6, 6.07) is 4.07. The van der Waals surface area contributed by atoms with E-state index < -0.39 is 0 Å². The average molecular weight is 264 g/mol. The Morgan fingerprint density at radius 2 is 2.22 bits per heavy atom. The third kappa shape index (κ3) is 3.63. The number of unbranched alkanes of at least 4 members (excludes halogenated alkanes) is 2. The molecule has 2 aromatic heterocycles. The minimum absolute atomic E-state index is 0.727. The highest BCUT2D eigenvalue weighted by atomic mass is 32.2. The van der Waals surface area contributed by atoms with Crippen LogP contribution in [0.5, 0.6) is 0 Å². The van der Waals surface area contributed by atoms with Gasteiger partial charge in [0.2, 0.25) is 5.95 Å². The van der Waals surface area contributed by atoms with Gasteiger partial charge in [0.25, 0.3) is 0 Å². The SMILES string of the molecule is CSCCCCCNc1nc2cc(C)ccn2n1. The quantitative estimate of drug-likeness (QED) is 0.781. The fourth-order valence-electron chi connectivity index (χ4n) is 1.81. The van der Waals surface area contributed by atoms with Crippen LogP contribution in [0.15, 0.2) is 18.3 Å². The highest BCUT2D eigenvalue weighted by Crippen LogP contribution is 2.08. The number of nitrogens with one attached hydrogen (secondary N) is 1. The van der Waals surface area contributed by atoms with Gasteiger partial charge in [-0.3, -0.25) is 0 Å². The van der Waals surface area contributed by atoms with Crippen molar-refractivity contribution >= 4 is 23.4 Å². The number of hydrogen-bond donors (Lipinski definition) is 1. The Hall–Kier alpha value is -1.23. The van der Waals surface area contributed by atoms with Gasteiger partial charge in [-0.1, -0.05) is 6.42 Å². The molecule has 0 aliphatic rings. The Morgan fingerprint density at radius 1 is 1.33 bits per heavy atom. The van der Waals surface area contributed by atoms with E-state index in [1.54, 1.807) is 0 Å². The normalized spacial score (nSPS) is 11.0. The Bertz CT molecular complexity index is 495. The first-order valence-electron chi connectivity index (χ1n) is 6.35. The minimum Gasteiger partial charge on any atom is -0.353 e. The number of nitrogens with zero attached hydrogens (tertiary/aromatic N) is 3. The van der Waals surface area contributed by atoms with E-state index in [0.29, 0.717) is 0 Å². The van der Waals surface area contributed by atoms with E-state index >= 15 is 0 Å². The Balaban J connectivity index is 1.81. The number of anilines is 1. The van der Waals surface area contributed by atoms with Crippen LogP contribution in [0, 0.1) is 6.92 Å². The standard InChI is InChI=1S/C13H20N4S/c1-11-6-8-17-12(10-11)15-13(16-17)14-7-4-3-5-9-18-2/h6,8,10H,3-5,7,9H2,1-2H3,(H,14,16). The Labute approximate surface area is 112 Å². The fourth-order valence-corrected chi connectivity index (χ4v) is 2.30. The molecule has 0 bridgehead atoms. The van der Waals surface area contributed by atoms with Crippen LogP contribution >= 0.6 is 11.8 Å². The highest BCUT2D eigenvalue weighted by Gasteiger charge is 2.02. The van der Waals surface area contributed by atoms with Gasteiger partial charge < -0.3 is 5.32 Å². The van der Waals surface area contributed by atoms with E-state index in [1.165, 1.54) is 30.6 Å². The number of rotatable bonds is 7. The highest BCUT2D eigenvalue weighted by molar-refractivity contribution is 7.98. The van der Waals surface area contributed by atoms with Crippen LogP contribution in [0.25, 0.3) is 5.65 Å².